The molecule has 0 aromatic carbocycles. The molecule has 0 radical (unpaired) electrons. The first-order valence-electron chi connectivity index (χ1n) is 26.9. The molecule has 0 aliphatic heterocycles. The second kappa shape index (κ2) is 50.1. The Balaban J connectivity index is 4.59. The number of esters is 5. The van der Waals surface area contributed by atoms with Crippen LogP contribution in [0.2, 0.25) is 0 Å². The van der Waals surface area contributed by atoms with Crippen LogP contribution in [0.1, 0.15) is 233 Å². The van der Waals surface area contributed by atoms with Crippen molar-refractivity contribution in [2.45, 2.75) is 233 Å². The minimum atomic E-state index is -0.444. The lowest BCUT2D eigenvalue weighted by Crippen LogP contribution is -2.27. The minimum Gasteiger partial charge on any atom is -0.465 e. The summed E-state index contributed by atoms with van der Waals surface area (Å²) in [6, 6.07) is 0. The first kappa shape index (κ1) is 63.2. The first-order valence-corrected chi connectivity index (χ1v) is 26.9. The van der Waals surface area contributed by atoms with Crippen molar-refractivity contribution in [3.05, 3.63) is 0 Å². The van der Waals surface area contributed by atoms with Gasteiger partial charge >= 0.3 is 29.8 Å². The maximum absolute atomic E-state index is 12.6. The third-order valence-electron chi connectivity index (χ3n) is 11.5. The molecule has 66 heavy (non-hydrogen) atoms. The summed E-state index contributed by atoms with van der Waals surface area (Å²) >= 11 is 0. The predicted molar refractivity (Wildman–Crippen MR) is 262 cm³/mol. The number of hydrogen-bond acceptors (Lipinski definition) is 13. The fraction of sp³-hybridized carbons (Fsp3) is 0.906. The molecular formula is C53H99NO12. The SMILES string of the molecule is CCCCCCCCCOCOCC(COC(=O)CCCCCCCC)COC(=O)CCCNCCCC(=O)OCC(COC(=O)CCCCCCCC)COC(=O)CCCCCCCC. The number of unbranched alkanes of at least 4 members (excludes halogenated alkanes) is 21. The van der Waals surface area contributed by atoms with E-state index in [-0.39, 0.29) is 95.0 Å². The highest BCUT2D eigenvalue weighted by atomic mass is 16.7. The summed E-state index contributed by atoms with van der Waals surface area (Å²) < 4.78 is 39.0. The summed E-state index contributed by atoms with van der Waals surface area (Å²) in [5, 5.41) is 3.26. The van der Waals surface area contributed by atoms with E-state index in [9.17, 15) is 24.0 Å². The van der Waals surface area contributed by atoms with E-state index in [1.165, 1.54) is 89.9 Å². The van der Waals surface area contributed by atoms with Crippen molar-refractivity contribution in [1.29, 1.82) is 0 Å². The number of rotatable bonds is 51. The van der Waals surface area contributed by atoms with Gasteiger partial charge in [-0.3, -0.25) is 24.0 Å². The Hall–Kier alpha value is -2.77. The van der Waals surface area contributed by atoms with Crippen molar-refractivity contribution < 1.29 is 57.1 Å². The van der Waals surface area contributed by atoms with Gasteiger partial charge in [-0.25, -0.2) is 0 Å². The fourth-order valence-electron chi connectivity index (χ4n) is 7.19. The Labute approximate surface area is 402 Å². The predicted octanol–water partition coefficient (Wildman–Crippen LogP) is 12.1. The van der Waals surface area contributed by atoms with Crippen molar-refractivity contribution in [2.75, 3.05) is 66.1 Å². The molecule has 0 rings (SSSR count). The minimum absolute atomic E-state index is 0.00926. The molecule has 1 N–H and O–H groups in total. The lowest BCUT2D eigenvalue weighted by atomic mass is 10.1. The van der Waals surface area contributed by atoms with Crippen LogP contribution in [0.3, 0.4) is 0 Å². The number of carbonyl (C=O) groups is 5. The van der Waals surface area contributed by atoms with Crippen molar-refractivity contribution in [2.24, 2.45) is 11.8 Å². The molecule has 0 bridgehead atoms. The van der Waals surface area contributed by atoms with Crippen molar-refractivity contribution in [1.82, 2.24) is 5.32 Å². The third kappa shape index (κ3) is 46.3. The van der Waals surface area contributed by atoms with Gasteiger partial charge in [-0.05, 0) is 51.6 Å². The lowest BCUT2D eigenvalue weighted by molar-refractivity contribution is -0.155. The number of hydrogen-bond donors (Lipinski definition) is 1. The lowest BCUT2D eigenvalue weighted by Gasteiger charge is -2.18. The Bertz CT molecular complexity index is 1110. The van der Waals surface area contributed by atoms with Gasteiger partial charge in [0.05, 0.1) is 31.7 Å². The molecule has 0 aromatic heterocycles. The van der Waals surface area contributed by atoms with E-state index < -0.39 is 5.92 Å². The second-order valence-electron chi connectivity index (χ2n) is 18.2. The van der Waals surface area contributed by atoms with Crippen LogP contribution in [-0.2, 0) is 57.1 Å². The van der Waals surface area contributed by atoms with E-state index in [1.54, 1.807) is 0 Å². The topological polar surface area (TPSA) is 162 Å². The third-order valence-corrected chi connectivity index (χ3v) is 11.5. The van der Waals surface area contributed by atoms with Gasteiger partial charge in [0.1, 0.15) is 26.6 Å². The van der Waals surface area contributed by atoms with Gasteiger partial charge in [0.2, 0.25) is 0 Å². The summed E-state index contributed by atoms with van der Waals surface area (Å²) in [7, 11) is 0. The normalized spacial score (nSPS) is 11.7. The smallest absolute Gasteiger partial charge is 0.305 e. The standard InChI is InChI=1S/C53H99NO12/c1-5-9-13-17-21-25-29-39-60-46-61-40-47(41-62-49(55)32-26-22-18-14-10-6-2)42-63-52(58)35-30-37-54-38-31-36-53(59)66-45-48(43-64-50(56)33-27-23-19-15-11-7-3)44-65-51(57)34-28-24-20-16-12-8-4/h47-48,54H,5-46H2,1-4H3. The largest absolute Gasteiger partial charge is 0.465 e. The van der Waals surface area contributed by atoms with Crippen LogP contribution in [-0.4, -0.2) is 96.0 Å². The van der Waals surface area contributed by atoms with Crippen molar-refractivity contribution >= 4 is 29.8 Å². The molecule has 0 saturated carbocycles. The van der Waals surface area contributed by atoms with E-state index in [0.29, 0.717) is 51.8 Å². The molecule has 1 unspecified atom stereocenters. The second-order valence-corrected chi connectivity index (χ2v) is 18.2. The van der Waals surface area contributed by atoms with Crippen molar-refractivity contribution in [3.8, 4) is 0 Å². The first-order chi connectivity index (χ1) is 32.2. The van der Waals surface area contributed by atoms with Gasteiger partial charge in [0, 0.05) is 38.7 Å². The average molecular weight is 942 g/mol. The molecule has 0 saturated heterocycles. The molecule has 0 fully saturated rings. The fourth-order valence-corrected chi connectivity index (χ4v) is 7.19. The summed E-state index contributed by atoms with van der Waals surface area (Å²) in [6.45, 7) is 11.1. The van der Waals surface area contributed by atoms with E-state index in [2.05, 4.69) is 33.0 Å². The molecule has 0 aliphatic rings. The average Bonchev–Trinajstić information content (AvgIpc) is 3.31. The van der Waals surface area contributed by atoms with Crippen LogP contribution in [0.15, 0.2) is 0 Å². The van der Waals surface area contributed by atoms with Crippen LogP contribution >= 0.6 is 0 Å². The van der Waals surface area contributed by atoms with Gasteiger partial charge in [-0.2, -0.15) is 0 Å². The zero-order valence-corrected chi connectivity index (χ0v) is 42.8. The van der Waals surface area contributed by atoms with Gasteiger partial charge in [-0.15, -0.1) is 0 Å². The van der Waals surface area contributed by atoms with Gasteiger partial charge in [0.25, 0.3) is 0 Å². The van der Waals surface area contributed by atoms with Crippen LogP contribution in [0, 0.1) is 11.8 Å². The van der Waals surface area contributed by atoms with Crippen molar-refractivity contribution in [3.63, 3.8) is 0 Å². The van der Waals surface area contributed by atoms with Crippen LogP contribution in [0.4, 0.5) is 0 Å². The highest BCUT2D eigenvalue weighted by Crippen LogP contribution is 2.13. The van der Waals surface area contributed by atoms with Gasteiger partial charge in [0.15, 0.2) is 0 Å². The number of nitrogens with one attached hydrogen (secondary N) is 1. The van der Waals surface area contributed by atoms with E-state index in [4.69, 9.17) is 33.2 Å². The Kier molecular flexibility index (Phi) is 48.0. The van der Waals surface area contributed by atoms with Crippen LogP contribution < -0.4 is 5.32 Å². The van der Waals surface area contributed by atoms with Gasteiger partial charge < -0.3 is 38.5 Å². The summed E-state index contributed by atoms with van der Waals surface area (Å²) in [5.41, 5.74) is 0. The van der Waals surface area contributed by atoms with Gasteiger partial charge in [-0.1, -0.05) is 163 Å². The highest BCUT2D eigenvalue weighted by Gasteiger charge is 2.19. The maximum atomic E-state index is 12.6. The summed E-state index contributed by atoms with van der Waals surface area (Å²) in [5.74, 6) is -2.29. The Morgan fingerprint density at radius 2 is 0.591 bits per heavy atom. The number of ether oxygens (including phenoxy) is 7. The zero-order valence-electron chi connectivity index (χ0n) is 42.8. The molecule has 0 spiro atoms. The zero-order chi connectivity index (χ0) is 48.4. The van der Waals surface area contributed by atoms with Crippen LogP contribution in [0.5, 0.6) is 0 Å². The van der Waals surface area contributed by atoms with E-state index >= 15 is 0 Å². The molecule has 0 heterocycles. The monoisotopic (exact) mass is 942 g/mol. The molecule has 0 amide bonds. The number of carbonyl (C=O) groups excluding carboxylic acids is 5. The molecule has 0 aromatic rings. The molecule has 0 aliphatic carbocycles. The maximum Gasteiger partial charge on any atom is 0.305 e. The molecular weight excluding hydrogens is 843 g/mol. The molecule has 1 atom stereocenters. The molecule has 13 nitrogen and oxygen atoms in total. The summed E-state index contributed by atoms with van der Waals surface area (Å²) in [6.07, 6.45) is 30.4. The van der Waals surface area contributed by atoms with Crippen LogP contribution in [0.25, 0.3) is 0 Å². The van der Waals surface area contributed by atoms with E-state index in [0.717, 1.165) is 70.6 Å². The summed E-state index contributed by atoms with van der Waals surface area (Å²) in [4.78, 5) is 62.5. The molecule has 13 heteroatoms. The highest BCUT2D eigenvalue weighted by molar-refractivity contribution is 5.71. The molecule has 388 valence electrons. The quantitative estimate of drug-likeness (QED) is 0.0266. The Morgan fingerprint density at radius 3 is 0.924 bits per heavy atom. The Morgan fingerprint density at radius 1 is 0.318 bits per heavy atom. The van der Waals surface area contributed by atoms with E-state index in [1.807, 2.05) is 0 Å².